The normalized spacial score (nSPS) is 14.2. The number of nitrogens with one attached hydrogen (secondary N) is 1. The van der Waals surface area contributed by atoms with Crippen LogP contribution in [0.2, 0.25) is 0 Å². The molecule has 7 heteroatoms. The average molecular weight is 405 g/mol. The van der Waals surface area contributed by atoms with Crippen LogP contribution in [0, 0.1) is 5.92 Å². The van der Waals surface area contributed by atoms with E-state index in [1.54, 1.807) is 11.4 Å². The van der Waals surface area contributed by atoms with Gasteiger partial charge in [0.1, 0.15) is 4.21 Å². The molecule has 0 aliphatic rings. The molecule has 3 nitrogen and oxygen atoms in total. The zero-order valence-corrected chi connectivity index (χ0v) is 14.4. The Kier molecular flexibility index (Phi) is 6.12. The summed E-state index contributed by atoms with van der Waals surface area (Å²) in [5.74, 6) is 0.265. The van der Waals surface area contributed by atoms with Crippen molar-refractivity contribution in [1.82, 2.24) is 4.72 Å². The summed E-state index contributed by atoms with van der Waals surface area (Å²) in [7, 11) is -3.41. The van der Waals surface area contributed by atoms with Crippen molar-refractivity contribution >= 4 is 53.2 Å². The van der Waals surface area contributed by atoms with Crippen molar-refractivity contribution in [3.8, 4) is 0 Å². The number of alkyl halides is 1. The Labute approximate surface area is 123 Å². The Morgan fingerprint density at radius 3 is 2.53 bits per heavy atom. The lowest BCUT2D eigenvalue weighted by atomic mass is 10.0. The van der Waals surface area contributed by atoms with Crippen molar-refractivity contribution in [2.45, 2.75) is 30.5 Å². The van der Waals surface area contributed by atoms with Crippen LogP contribution in [0.4, 0.5) is 0 Å². The number of rotatable bonds is 6. The van der Waals surface area contributed by atoms with Gasteiger partial charge in [0.2, 0.25) is 0 Å². The fourth-order valence-corrected chi connectivity index (χ4v) is 5.64. The first kappa shape index (κ1) is 15.6. The fourth-order valence-electron chi connectivity index (χ4n) is 1.37. The highest BCUT2D eigenvalue weighted by Crippen LogP contribution is 2.28. The number of hydrogen-bond donors (Lipinski definition) is 1. The summed E-state index contributed by atoms with van der Waals surface area (Å²) in [5, 5.41) is 2.54. The zero-order chi connectivity index (χ0) is 13.1. The molecule has 1 unspecified atom stereocenters. The van der Waals surface area contributed by atoms with Crippen LogP contribution in [-0.4, -0.2) is 19.8 Å². The second kappa shape index (κ2) is 6.65. The van der Waals surface area contributed by atoms with Crippen LogP contribution in [0.3, 0.4) is 0 Å². The highest BCUT2D eigenvalue weighted by molar-refractivity contribution is 9.10. The molecule has 1 atom stereocenters. The van der Waals surface area contributed by atoms with Crippen LogP contribution in [0.15, 0.2) is 20.1 Å². The summed E-state index contributed by atoms with van der Waals surface area (Å²) in [6, 6.07) is 1.70. The molecule has 0 fully saturated rings. The summed E-state index contributed by atoms with van der Waals surface area (Å²) < 4.78 is 28.0. The van der Waals surface area contributed by atoms with Crippen molar-refractivity contribution in [3.63, 3.8) is 0 Å². The maximum absolute atomic E-state index is 12.2. The molecule has 1 heterocycles. The number of sulfonamides is 1. The van der Waals surface area contributed by atoms with Gasteiger partial charge in [-0.25, -0.2) is 13.1 Å². The standard InChI is InChI=1S/C10H15Br2NO2S2/c1-7(2)9(3-5-11)13-17(14,15)10-8(12)4-6-16-10/h4,6-7,9,13H,3,5H2,1-2H3. The summed E-state index contributed by atoms with van der Waals surface area (Å²) in [5.41, 5.74) is 0. The predicted molar refractivity (Wildman–Crippen MR) is 79.4 cm³/mol. The van der Waals surface area contributed by atoms with Gasteiger partial charge in [-0.1, -0.05) is 29.8 Å². The van der Waals surface area contributed by atoms with E-state index in [0.29, 0.717) is 8.68 Å². The van der Waals surface area contributed by atoms with Crippen LogP contribution in [0.5, 0.6) is 0 Å². The fraction of sp³-hybridized carbons (Fsp3) is 0.600. The lowest BCUT2D eigenvalue weighted by molar-refractivity contribution is 0.441. The minimum atomic E-state index is -3.41. The van der Waals surface area contributed by atoms with Gasteiger partial charge in [0.25, 0.3) is 10.0 Å². The highest BCUT2D eigenvalue weighted by Gasteiger charge is 2.24. The van der Waals surface area contributed by atoms with Gasteiger partial charge >= 0.3 is 0 Å². The van der Waals surface area contributed by atoms with E-state index < -0.39 is 10.0 Å². The van der Waals surface area contributed by atoms with Gasteiger partial charge in [0.05, 0.1) is 0 Å². The molecule has 0 saturated heterocycles. The Balaban J connectivity index is 2.89. The number of hydrogen-bond acceptors (Lipinski definition) is 3. The van der Waals surface area contributed by atoms with Crippen molar-refractivity contribution in [2.75, 3.05) is 5.33 Å². The first-order valence-corrected chi connectivity index (χ1v) is 9.47. The van der Waals surface area contributed by atoms with Gasteiger partial charge in [-0.05, 0) is 39.7 Å². The molecular formula is C10H15Br2NO2S2. The summed E-state index contributed by atoms with van der Waals surface area (Å²) in [6.45, 7) is 4.03. The van der Waals surface area contributed by atoms with Crippen LogP contribution in [-0.2, 0) is 10.0 Å². The maximum atomic E-state index is 12.2. The highest BCUT2D eigenvalue weighted by atomic mass is 79.9. The summed E-state index contributed by atoms with van der Waals surface area (Å²) in [4.78, 5) is 0. The Morgan fingerprint density at radius 1 is 1.47 bits per heavy atom. The second-order valence-corrected chi connectivity index (χ2v) is 8.48. The van der Waals surface area contributed by atoms with E-state index in [-0.39, 0.29) is 12.0 Å². The van der Waals surface area contributed by atoms with Crippen molar-refractivity contribution in [3.05, 3.63) is 15.9 Å². The van der Waals surface area contributed by atoms with Gasteiger partial charge in [0.15, 0.2) is 0 Å². The van der Waals surface area contributed by atoms with Crippen molar-refractivity contribution < 1.29 is 8.42 Å². The quantitative estimate of drug-likeness (QED) is 0.736. The molecule has 17 heavy (non-hydrogen) atoms. The third-order valence-electron chi connectivity index (χ3n) is 2.36. The third-order valence-corrected chi connectivity index (χ3v) is 6.98. The molecule has 0 radical (unpaired) electrons. The van der Waals surface area contributed by atoms with Gasteiger partial charge < -0.3 is 0 Å². The van der Waals surface area contributed by atoms with Crippen LogP contribution >= 0.6 is 43.2 Å². The monoisotopic (exact) mass is 403 g/mol. The van der Waals surface area contributed by atoms with Crippen LogP contribution in [0.25, 0.3) is 0 Å². The molecule has 0 amide bonds. The predicted octanol–water partition coefficient (Wildman–Crippen LogP) is 3.60. The van der Waals surface area contributed by atoms with Crippen LogP contribution in [0.1, 0.15) is 20.3 Å². The summed E-state index contributed by atoms with van der Waals surface area (Å²) in [6.07, 6.45) is 0.778. The Bertz CT molecular complexity index is 457. The van der Waals surface area contributed by atoms with E-state index >= 15 is 0 Å². The molecule has 0 aliphatic heterocycles. The number of halogens is 2. The Morgan fingerprint density at radius 2 is 2.12 bits per heavy atom. The van der Waals surface area contributed by atoms with E-state index in [1.807, 2.05) is 13.8 Å². The van der Waals surface area contributed by atoms with Crippen molar-refractivity contribution in [1.29, 1.82) is 0 Å². The first-order chi connectivity index (χ1) is 7.88. The molecule has 0 bridgehead atoms. The first-order valence-electron chi connectivity index (χ1n) is 5.19. The van der Waals surface area contributed by atoms with E-state index in [1.165, 1.54) is 11.3 Å². The molecule has 1 N–H and O–H groups in total. The molecule has 0 saturated carbocycles. The number of thiophene rings is 1. The van der Waals surface area contributed by atoms with E-state index in [4.69, 9.17) is 0 Å². The van der Waals surface area contributed by atoms with Gasteiger partial charge in [-0.3, -0.25) is 0 Å². The molecule has 0 aliphatic carbocycles. The molecule has 1 aromatic heterocycles. The second-order valence-electron chi connectivity index (χ2n) is 4.01. The lowest BCUT2D eigenvalue weighted by Gasteiger charge is -2.21. The largest absolute Gasteiger partial charge is 0.251 e. The summed E-state index contributed by atoms with van der Waals surface area (Å²) >= 11 is 7.82. The molecular weight excluding hydrogens is 390 g/mol. The van der Waals surface area contributed by atoms with Crippen LogP contribution < -0.4 is 4.72 Å². The molecule has 1 rings (SSSR count). The molecule has 98 valence electrons. The molecule has 0 aromatic carbocycles. The third kappa shape index (κ3) is 4.31. The van der Waals surface area contributed by atoms with Crippen molar-refractivity contribution in [2.24, 2.45) is 5.92 Å². The smallest absolute Gasteiger partial charge is 0.207 e. The topological polar surface area (TPSA) is 46.2 Å². The van der Waals surface area contributed by atoms with E-state index in [2.05, 4.69) is 36.6 Å². The average Bonchev–Trinajstić information content (AvgIpc) is 2.64. The minimum absolute atomic E-state index is 0.0478. The molecule has 1 aromatic rings. The van der Waals surface area contributed by atoms with Gasteiger partial charge in [-0.15, -0.1) is 11.3 Å². The molecule has 0 spiro atoms. The minimum Gasteiger partial charge on any atom is -0.207 e. The zero-order valence-electron chi connectivity index (χ0n) is 9.61. The van der Waals surface area contributed by atoms with Gasteiger partial charge in [-0.2, -0.15) is 0 Å². The Hall–Kier alpha value is 0.570. The van der Waals surface area contributed by atoms with Gasteiger partial charge in [0, 0.05) is 15.8 Å². The van der Waals surface area contributed by atoms with E-state index in [9.17, 15) is 8.42 Å². The SMILES string of the molecule is CC(C)C(CCBr)NS(=O)(=O)c1sccc1Br. The maximum Gasteiger partial charge on any atom is 0.251 e. The van der Waals surface area contributed by atoms with E-state index in [0.717, 1.165) is 11.8 Å². The lowest BCUT2D eigenvalue weighted by Crippen LogP contribution is -2.38.